The van der Waals surface area contributed by atoms with Crippen LogP contribution in [0.15, 0.2) is 52.4 Å². The number of carbonyl (C=O) groups is 2. The van der Waals surface area contributed by atoms with Crippen LogP contribution in [0.2, 0.25) is 0 Å². The van der Waals surface area contributed by atoms with Gasteiger partial charge >= 0.3 is 0 Å². The van der Waals surface area contributed by atoms with Gasteiger partial charge in [0, 0.05) is 25.5 Å². The Morgan fingerprint density at radius 2 is 2.04 bits per heavy atom. The van der Waals surface area contributed by atoms with E-state index in [1.165, 1.54) is 0 Å². The summed E-state index contributed by atoms with van der Waals surface area (Å²) in [4.78, 5) is 33.9. The summed E-state index contributed by atoms with van der Waals surface area (Å²) in [6.07, 6.45) is 5.58. The Balaban J connectivity index is 1.68. The lowest BCUT2D eigenvalue weighted by atomic mass is 9.96. The van der Waals surface area contributed by atoms with Crippen molar-refractivity contribution in [3.63, 3.8) is 0 Å². The molecule has 1 N–H and O–H groups in total. The molecule has 7 heteroatoms. The van der Waals surface area contributed by atoms with Gasteiger partial charge in [0.1, 0.15) is 5.76 Å². The van der Waals surface area contributed by atoms with E-state index in [0.29, 0.717) is 24.4 Å². The highest BCUT2D eigenvalue weighted by Crippen LogP contribution is 2.38. The van der Waals surface area contributed by atoms with E-state index in [2.05, 4.69) is 9.88 Å². The van der Waals surface area contributed by atoms with E-state index in [4.69, 9.17) is 4.42 Å². The predicted molar refractivity (Wildman–Crippen MR) is 102 cm³/mol. The molecule has 0 bridgehead atoms. The van der Waals surface area contributed by atoms with Crippen molar-refractivity contribution in [2.75, 3.05) is 26.2 Å². The number of pyridine rings is 1. The molecule has 4 rings (SSSR count). The van der Waals surface area contributed by atoms with Crippen molar-refractivity contribution in [2.45, 2.75) is 25.8 Å². The van der Waals surface area contributed by atoms with Gasteiger partial charge in [-0.2, -0.15) is 0 Å². The minimum absolute atomic E-state index is 0.0498. The zero-order chi connectivity index (χ0) is 19.7. The fourth-order valence-electron chi connectivity index (χ4n) is 3.95. The zero-order valence-electron chi connectivity index (χ0n) is 15.8. The standard InChI is InChI=1S/C21H23N3O4/c1-14-6-7-16(28-14)19(25)17-18(15-5-4-8-22-13-15)24(21(27)20(17)26)12-11-23-9-2-3-10-23/h4-8,13,18,26H,2-3,9-12H2,1H3. The average Bonchev–Trinajstić information content (AvgIpc) is 3.42. The summed E-state index contributed by atoms with van der Waals surface area (Å²) < 4.78 is 5.45. The monoisotopic (exact) mass is 381 g/mol. The second-order valence-electron chi connectivity index (χ2n) is 7.24. The third-order valence-corrected chi connectivity index (χ3v) is 5.37. The molecule has 0 aliphatic carbocycles. The Bertz CT molecular complexity index is 913. The fraction of sp³-hybridized carbons (Fsp3) is 0.381. The molecule has 28 heavy (non-hydrogen) atoms. The number of furan rings is 1. The molecular weight excluding hydrogens is 358 g/mol. The molecule has 2 aromatic rings. The summed E-state index contributed by atoms with van der Waals surface area (Å²) in [5, 5.41) is 10.6. The molecule has 1 amide bonds. The summed E-state index contributed by atoms with van der Waals surface area (Å²) in [5.74, 6) is -0.802. The number of carbonyl (C=O) groups excluding carboxylic acids is 2. The van der Waals surface area contributed by atoms with Crippen LogP contribution in [0.25, 0.3) is 0 Å². The van der Waals surface area contributed by atoms with Crippen LogP contribution in [0.1, 0.15) is 40.8 Å². The first-order valence-electron chi connectivity index (χ1n) is 9.54. The van der Waals surface area contributed by atoms with Crippen LogP contribution in [-0.2, 0) is 4.79 Å². The third-order valence-electron chi connectivity index (χ3n) is 5.37. The van der Waals surface area contributed by atoms with E-state index in [0.717, 1.165) is 25.9 Å². The molecule has 2 aliphatic rings. The van der Waals surface area contributed by atoms with Gasteiger partial charge in [0.25, 0.3) is 5.91 Å². The number of aliphatic hydroxyl groups is 1. The Hall–Kier alpha value is -2.93. The van der Waals surface area contributed by atoms with Gasteiger partial charge in [-0.05, 0) is 56.6 Å². The SMILES string of the molecule is Cc1ccc(C(=O)C2=C(O)C(=O)N(CCN3CCCC3)C2c2cccnc2)o1. The number of Topliss-reactive ketones (excluding diaryl/α,β-unsaturated/α-hetero) is 1. The maximum atomic E-state index is 13.1. The molecule has 2 aromatic heterocycles. The molecule has 1 unspecified atom stereocenters. The molecule has 1 saturated heterocycles. The Kier molecular flexibility index (Phi) is 5.00. The van der Waals surface area contributed by atoms with Crippen molar-refractivity contribution in [1.82, 2.24) is 14.8 Å². The van der Waals surface area contributed by atoms with Crippen LogP contribution in [0.4, 0.5) is 0 Å². The Labute approximate surface area is 163 Å². The first kappa shape index (κ1) is 18.4. The molecule has 1 atom stereocenters. The predicted octanol–water partition coefficient (Wildman–Crippen LogP) is 2.66. The number of amides is 1. The number of rotatable bonds is 6. The molecule has 2 aliphatic heterocycles. The highest BCUT2D eigenvalue weighted by molar-refractivity contribution is 6.15. The smallest absolute Gasteiger partial charge is 0.290 e. The summed E-state index contributed by atoms with van der Waals surface area (Å²) in [6, 6.07) is 6.14. The quantitative estimate of drug-likeness (QED) is 0.774. The number of nitrogens with zero attached hydrogens (tertiary/aromatic N) is 3. The highest BCUT2D eigenvalue weighted by Gasteiger charge is 2.44. The first-order valence-corrected chi connectivity index (χ1v) is 9.54. The van der Waals surface area contributed by atoms with Gasteiger partial charge in [-0.25, -0.2) is 0 Å². The highest BCUT2D eigenvalue weighted by atomic mass is 16.3. The number of likely N-dealkylation sites (tertiary alicyclic amines) is 1. The van der Waals surface area contributed by atoms with E-state index in [1.54, 1.807) is 42.4 Å². The van der Waals surface area contributed by atoms with Gasteiger partial charge in [0.05, 0.1) is 11.6 Å². The van der Waals surface area contributed by atoms with Crippen LogP contribution in [0, 0.1) is 6.92 Å². The van der Waals surface area contributed by atoms with E-state index < -0.39 is 23.5 Å². The molecule has 0 saturated carbocycles. The van der Waals surface area contributed by atoms with Crippen LogP contribution in [0.3, 0.4) is 0 Å². The van der Waals surface area contributed by atoms with Crippen molar-refractivity contribution in [3.8, 4) is 0 Å². The number of hydrogen-bond acceptors (Lipinski definition) is 6. The topological polar surface area (TPSA) is 86.9 Å². The van der Waals surface area contributed by atoms with Crippen LogP contribution < -0.4 is 0 Å². The third kappa shape index (κ3) is 3.33. The van der Waals surface area contributed by atoms with Crippen LogP contribution in [-0.4, -0.2) is 57.8 Å². The van der Waals surface area contributed by atoms with Gasteiger partial charge in [0.15, 0.2) is 11.5 Å². The normalized spacial score (nSPS) is 20.4. The van der Waals surface area contributed by atoms with Crippen molar-refractivity contribution in [2.24, 2.45) is 0 Å². The largest absolute Gasteiger partial charge is 0.503 e. The van der Waals surface area contributed by atoms with Gasteiger partial charge in [0.2, 0.25) is 5.78 Å². The lowest BCUT2D eigenvalue weighted by Gasteiger charge is -2.28. The van der Waals surface area contributed by atoms with Gasteiger partial charge < -0.3 is 19.3 Å². The molecule has 146 valence electrons. The maximum absolute atomic E-state index is 13.1. The molecule has 1 fully saturated rings. The maximum Gasteiger partial charge on any atom is 0.290 e. The van der Waals surface area contributed by atoms with Crippen molar-refractivity contribution in [3.05, 3.63) is 65.1 Å². The Morgan fingerprint density at radius 1 is 1.25 bits per heavy atom. The van der Waals surface area contributed by atoms with Crippen molar-refractivity contribution in [1.29, 1.82) is 0 Å². The van der Waals surface area contributed by atoms with Crippen LogP contribution in [0.5, 0.6) is 0 Å². The fourth-order valence-corrected chi connectivity index (χ4v) is 3.95. The lowest BCUT2D eigenvalue weighted by Crippen LogP contribution is -2.38. The van der Waals surface area contributed by atoms with Gasteiger partial charge in [-0.1, -0.05) is 6.07 Å². The van der Waals surface area contributed by atoms with E-state index in [-0.39, 0.29) is 11.3 Å². The van der Waals surface area contributed by atoms with Gasteiger partial charge in [-0.15, -0.1) is 0 Å². The molecule has 0 aromatic carbocycles. The number of aryl methyl sites for hydroxylation is 1. The molecular formula is C21H23N3O4. The second-order valence-corrected chi connectivity index (χ2v) is 7.24. The number of aliphatic hydroxyl groups excluding tert-OH is 1. The molecule has 0 radical (unpaired) electrons. The number of ketones is 1. The molecule has 0 spiro atoms. The van der Waals surface area contributed by atoms with Gasteiger partial charge in [-0.3, -0.25) is 14.6 Å². The molecule has 7 nitrogen and oxygen atoms in total. The van der Waals surface area contributed by atoms with E-state index in [9.17, 15) is 14.7 Å². The van der Waals surface area contributed by atoms with Crippen molar-refractivity contribution >= 4 is 11.7 Å². The number of hydrogen-bond donors (Lipinski definition) is 1. The van der Waals surface area contributed by atoms with Crippen LogP contribution >= 0.6 is 0 Å². The molecule has 4 heterocycles. The number of aromatic nitrogens is 1. The summed E-state index contributed by atoms with van der Waals surface area (Å²) in [6.45, 7) is 4.90. The average molecular weight is 381 g/mol. The Morgan fingerprint density at radius 3 is 2.68 bits per heavy atom. The second kappa shape index (κ2) is 7.59. The van der Waals surface area contributed by atoms with E-state index >= 15 is 0 Å². The summed E-state index contributed by atoms with van der Waals surface area (Å²) in [7, 11) is 0. The van der Waals surface area contributed by atoms with Crippen molar-refractivity contribution < 1.29 is 19.1 Å². The first-order chi connectivity index (χ1) is 13.6. The van der Waals surface area contributed by atoms with E-state index in [1.807, 2.05) is 6.07 Å². The summed E-state index contributed by atoms with van der Waals surface area (Å²) >= 11 is 0. The zero-order valence-corrected chi connectivity index (χ0v) is 15.8. The lowest BCUT2D eigenvalue weighted by molar-refractivity contribution is -0.129. The minimum Gasteiger partial charge on any atom is -0.503 e. The summed E-state index contributed by atoms with van der Waals surface area (Å²) in [5.41, 5.74) is 0.738. The minimum atomic E-state index is -0.679.